The Morgan fingerprint density at radius 2 is 2.26 bits per heavy atom. The minimum atomic E-state index is 0.00987. The van der Waals surface area contributed by atoms with Gasteiger partial charge in [-0.05, 0) is 36.6 Å². The SMILES string of the molecule is C=CC(=O)N1CCCC1c1cnc2ccccc2c1. The monoisotopic (exact) mass is 252 g/mol. The van der Waals surface area contributed by atoms with Crippen LogP contribution in [0, 0.1) is 0 Å². The van der Waals surface area contributed by atoms with Gasteiger partial charge in [-0.1, -0.05) is 24.8 Å². The van der Waals surface area contributed by atoms with E-state index in [4.69, 9.17) is 0 Å². The highest BCUT2D eigenvalue weighted by atomic mass is 16.2. The zero-order valence-corrected chi connectivity index (χ0v) is 10.7. The van der Waals surface area contributed by atoms with Crippen molar-refractivity contribution < 1.29 is 4.79 Å². The highest BCUT2D eigenvalue weighted by molar-refractivity contribution is 5.87. The quantitative estimate of drug-likeness (QED) is 0.769. The van der Waals surface area contributed by atoms with E-state index in [9.17, 15) is 4.79 Å². The fourth-order valence-electron chi connectivity index (χ4n) is 2.76. The second-order valence-corrected chi connectivity index (χ2v) is 4.86. The molecule has 0 spiro atoms. The van der Waals surface area contributed by atoms with Crippen molar-refractivity contribution in [2.45, 2.75) is 18.9 Å². The molecule has 1 unspecified atom stereocenters. The van der Waals surface area contributed by atoms with Crippen LogP contribution in [-0.4, -0.2) is 22.3 Å². The molecule has 1 atom stereocenters. The van der Waals surface area contributed by atoms with E-state index in [1.807, 2.05) is 29.3 Å². The molecule has 1 aromatic heterocycles. The predicted octanol–water partition coefficient (Wildman–Crippen LogP) is 3.08. The maximum absolute atomic E-state index is 11.8. The van der Waals surface area contributed by atoms with E-state index in [-0.39, 0.29) is 11.9 Å². The maximum Gasteiger partial charge on any atom is 0.246 e. The number of para-hydroxylation sites is 1. The minimum absolute atomic E-state index is 0.00987. The number of likely N-dealkylation sites (tertiary alicyclic amines) is 1. The molecule has 0 radical (unpaired) electrons. The molecular formula is C16H16N2O. The van der Waals surface area contributed by atoms with Crippen molar-refractivity contribution in [1.29, 1.82) is 0 Å². The summed E-state index contributed by atoms with van der Waals surface area (Å²) in [4.78, 5) is 18.2. The summed E-state index contributed by atoms with van der Waals surface area (Å²) in [5.41, 5.74) is 2.11. The number of amides is 1. The molecule has 3 heteroatoms. The molecule has 0 N–H and O–H groups in total. The van der Waals surface area contributed by atoms with Crippen LogP contribution in [0.25, 0.3) is 10.9 Å². The number of carbonyl (C=O) groups is 1. The summed E-state index contributed by atoms with van der Waals surface area (Å²) in [6.45, 7) is 4.38. The van der Waals surface area contributed by atoms with Crippen molar-refractivity contribution >= 4 is 16.8 Å². The molecule has 19 heavy (non-hydrogen) atoms. The van der Waals surface area contributed by atoms with Gasteiger partial charge in [0.1, 0.15) is 0 Å². The van der Waals surface area contributed by atoms with Gasteiger partial charge in [-0.25, -0.2) is 0 Å². The molecule has 1 saturated heterocycles. The van der Waals surface area contributed by atoms with Gasteiger partial charge >= 0.3 is 0 Å². The third kappa shape index (κ3) is 2.12. The number of benzene rings is 1. The average Bonchev–Trinajstić information content (AvgIpc) is 2.95. The fourth-order valence-corrected chi connectivity index (χ4v) is 2.76. The highest BCUT2D eigenvalue weighted by Crippen LogP contribution is 2.32. The van der Waals surface area contributed by atoms with Crippen molar-refractivity contribution in [2.75, 3.05) is 6.54 Å². The lowest BCUT2D eigenvalue weighted by molar-refractivity contribution is -0.126. The smallest absolute Gasteiger partial charge is 0.246 e. The van der Waals surface area contributed by atoms with Crippen LogP contribution in [-0.2, 0) is 4.79 Å². The van der Waals surface area contributed by atoms with Crippen LogP contribution in [0.2, 0.25) is 0 Å². The van der Waals surface area contributed by atoms with Gasteiger partial charge in [0.15, 0.2) is 0 Å². The number of carbonyl (C=O) groups excluding carboxylic acids is 1. The number of pyridine rings is 1. The lowest BCUT2D eigenvalue weighted by atomic mass is 10.0. The molecule has 1 aromatic carbocycles. The zero-order chi connectivity index (χ0) is 13.2. The second kappa shape index (κ2) is 4.84. The van der Waals surface area contributed by atoms with E-state index in [0.717, 1.165) is 35.9 Å². The Balaban J connectivity index is 1.99. The van der Waals surface area contributed by atoms with Crippen molar-refractivity contribution in [3.63, 3.8) is 0 Å². The predicted molar refractivity (Wildman–Crippen MR) is 75.6 cm³/mol. The highest BCUT2D eigenvalue weighted by Gasteiger charge is 2.28. The van der Waals surface area contributed by atoms with Crippen LogP contribution < -0.4 is 0 Å². The summed E-state index contributed by atoms with van der Waals surface area (Å²) in [5, 5.41) is 1.12. The molecule has 3 rings (SSSR count). The van der Waals surface area contributed by atoms with Crippen LogP contribution in [0.4, 0.5) is 0 Å². The van der Waals surface area contributed by atoms with Crippen LogP contribution in [0.15, 0.2) is 49.2 Å². The first-order valence-corrected chi connectivity index (χ1v) is 6.57. The third-order valence-electron chi connectivity index (χ3n) is 3.71. The Hall–Kier alpha value is -2.16. The molecule has 2 heterocycles. The number of nitrogens with zero attached hydrogens (tertiary/aromatic N) is 2. The minimum Gasteiger partial charge on any atom is -0.332 e. The van der Waals surface area contributed by atoms with E-state index < -0.39 is 0 Å². The first-order valence-electron chi connectivity index (χ1n) is 6.57. The number of hydrogen-bond donors (Lipinski definition) is 0. The molecule has 1 aliphatic heterocycles. The Morgan fingerprint density at radius 3 is 3.11 bits per heavy atom. The maximum atomic E-state index is 11.8. The third-order valence-corrected chi connectivity index (χ3v) is 3.71. The number of fused-ring (bicyclic) bond motifs is 1. The van der Waals surface area contributed by atoms with Crippen LogP contribution >= 0.6 is 0 Å². The molecule has 0 bridgehead atoms. The van der Waals surface area contributed by atoms with Gasteiger partial charge in [-0.2, -0.15) is 0 Å². The molecule has 96 valence electrons. The van der Waals surface area contributed by atoms with Gasteiger partial charge in [-0.15, -0.1) is 0 Å². The molecule has 0 aliphatic carbocycles. The Labute approximate surface area is 112 Å². The molecular weight excluding hydrogens is 236 g/mol. The molecule has 1 aliphatic rings. The molecule has 3 nitrogen and oxygen atoms in total. The van der Waals surface area contributed by atoms with Gasteiger partial charge in [0.2, 0.25) is 5.91 Å². The lowest BCUT2D eigenvalue weighted by Gasteiger charge is -2.23. The van der Waals surface area contributed by atoms with E-state index >= 15 is 0 Å². The van der Waals surface area contributed by atoms with Crippen LogP contribution in [0.1, 0.15) is 24.4 Å². The normalized spacial score (nSPS) is 18.7. The van der Waals surface area contributed by atoms with E-state index in [1.165, 1.54) is 6.08 Å². The zero-order valence-electron chi connectivity index (χ0n) is 10.7. The topological polar surface area (TPSA) is 33.2 Å². The van der Waals surface area contributed by atoms with E-state index in [0.29, 0.717) is 0 Å². The standard InChI is InChI=1S/C16H16N2O/c1-2-16(19)18-9-5-8-15(18)13-10-12-6-3-4-7-14(12)17-11-13/h2-4,6-7,10-11,15H,1,5,8-9H2. The largest absolute Gasteiger partial charge is 0.332 e. The molecule has 0 saturated carbocycles. The Morgan fingerprint density at radius 1 is 1.42 bits per heavy atom. The van der Waals surface area contributed by atoms with E-state index in [1.54, 1.807) is 0 Å². The molecule has 1 fully saturated rings. The summed E-state index contributed by atoms with van der Waals surface area (Å²) in [5.74, 6) is 0.00987. The first-order chi connectivity index (χ1) is 9.29. The molecule has 1 amide bonds. The first kappa shape index (κ1) is 11.9. The van der Waals surface area contributed by atoms with E-state index in [2.05, 4.69) is 23.7 Å². The Bertz CT molecular complexity index is 635. The van der Waals surface area contributed by atoms with Crippen LogP contribution in [0.3, 0.4) is 0 Å². The number of rotatable bonds is 2. The Kier molecular flexibility index (Phi) is 3.03. The van der Waals surface area contributed by atoms with Crippen molar-refractivity contribution in [2.24, 2.45) is 0 Å². The van der Waals surface area contributed by atoms with Gasteiger partial charge in [0, 0.05) is 18.1 Å². The van der Waals surface area contributed by atoms with Gasteiger partial charge in [0.25, 0.3) is 0 Å². The number of hydrogen-bond acceptors (Lipinski definition) is 2. The fraction of sp³-hybridized carbons (Fsp3) is 0.250. The molecule has 2 aromatic rings. The van der Waals surface area contributed by atoms with Gasteiger partial charge in [0.05, 0.1) is 11.6 Å². The summed E-state index contributed by atoms with van der Waals surface area (Å²) in [6, 6.07) is 10.3. The summed E-state index contributed by atoms with van der Waals surface area (Å²) >= 11 is 0. The summed E-state index contributed by atoms with van der Waals surface area (Å²) in [6.07, 6.45) is 5.32. The van der Waals surface area contributed by atoms with Crippen LogP contribution in [0.5, 0.6) is 0 Å². The average molecular weight is 252 g/mol. The van der Waals surface area contributed by atoms with Crippen molar-refractivity contribution in [3.8, 4) is 0 Å². The lowest BCUT2D eigenvalue weighted by Crippen LogP contribution is -2.28. The summed E-state index contributed by atoms with van der Waals surface area (Å²) in [7, 11) is 0. The van der Waals surface area contributed by atoms with Crippen molar-refractivity contribution in [3.05, 3.63) is 54.7 Å². The number of aromatic nitrogens is 1. The second-order valence-electron chi connectivity index (χ2n) is 4.86. The van der Waals surface area contributed by atoms with Gasteiger partial charge in [-0.3, -0.25) is 9.78 Å². The van der Waals surface area contributed by atoms with Gasteiger partial charge < -0.3 is 4.90 Å². The van der Waals surface area contributed by atoms with Crippen molar-refractivity contribution in [1.82, 2.24) is 9.88 Å². The summed E-state index contributed by atoms with van der Waals surface area (Å²) < 4.78 is 0.